The molecule has 1 heterocycles. The number of hydrogen-bond acceptors (Lipinski definition) is 5. The molecule has 0 aromatic heterocycles. The standard InChI is InChI=1S/C12H21N3O5/c1-3-14-4-5-15(6-9(14)2)12(19)13-10(16)7-20-8-11(17)18/h9H,3-8H2,1-2H3,(H,17,18)(H,13,16,19). The van der Waals surface area contributed by atoms with E-state index in [-0.39, 0.29) is 6.04 Å². The minimum atomic E-state index is -1.16. The lowest BCUT2D eigenvalue weighted by Crippen LogP contribution is -2.56. The molecule has 0 spiro atoms. The third-order valence-corrected chi connectivity index (χ3v) is 3.16. The van der Waals surface area contributed by atoms with E-state index in [0.717, 1.165) is 13.1 Å². The molecular formula is C12H21N3O5. The quantitative estimate of drug-likeness (QED) is 0.697. The molecule has 1 aliphatic heterocycles. The lowest BCUT2D eigenvalue weighted by molar-refractivity contribution is -0.143. The van der Waals surface area contributed by atoms with Crippen molar-refractivity contribution in [1.29, 1.82) is 0 Å². The molecule has 0 aromatic rings. The van der Waals surface area contributed by atoms with Gasteiger partial charge in [-0.1, -0.05) is 6.92 Å². The second-order valence-electron chi connectivity index (χ2n) is 4.66. The Morgan fingerprint density at radius 1 is 1.30 bits per heavy atom. The van der Waals surface area contributed by atoms with E-state index in [1.807, 2.05) is 6.92 Å². The van der Waals surface area contributed by atoms with Crippen LogP contribution in [0.3, 0.4) is 0 Å². The summed E-state index contributed by atoms with van der Waals surface area (Å²) in [6.07, 6.45) is 0. The maximum Gasteiger partial charge on any atom is 0.329 e. The van der Waals surface area contributed by atoms with Gasteiger partial charge < -0.3 is 14.7 Å². The second-order valence-corrected chi connectivity index (χ2v) is 4.66. The maximum atomic E-state index is 11.8. The summed E-state index contributed by atoms with van der Waals surface area (Å²) in [5, 5.41) is 10.5. The number of imide groups is 1. The molecule has 1 unspecified atom stereocenters. The number of nitrogens with one attached hydrogen (secondary N) is 1. The number of carbonyl (C=O) groups excluding carboxylic acids is 2. The van der Waals surface area contributed by atoms with Gasteiger partial charge in [0.05, 0.1) is 0 Å². The Kier molecular flexibility index (Phi) is 6.40. The molecule has 1 aliphatic rings. The first-order chi connectivity index (χ1) is 9.43. The first-order valence-electron chi connectivity index (χ1n) is 6.56. The van der Waals surface area contributed by atoms with E-state index in [4.69, 9.17) is 5.11 Å². The highest BCUT2D eigenvalue weighted by atomic mass is 16.5. The average molecular weight is 287 g/mol. The first kappa shape index (κ1) is 16.4. The molecule has 8 nitrogen and oxygen atoms in total. The Hall–Kier alpha value is -1.67. The highest BCUT2D eigenvalue weighted by molar-refractivity contribution is 5.95. The molecule has 8 heteroatoms. The third-order valence-electron chi connectivity index (χ3n) is 3.16. The van der Waals surface area contributed by atoms with Crippen molar-refractivity contribution in [2.24, 2.45) is 0 Å². The fraction of sp³-hybridized carbons (Fsp3) is 0.750. The average Bonchev–Trinajstić information content (AvgIpc) is 2.38. The molecule has 1 saturated heterocycles. The van der Waals surface area contributed by atoms with Crippen LogP contribution in [0, 0.1) is 0 Å². The molecule has 114 valence electrons. The highest BCUT2D eigenvalue weighted by Crippen LogP contribution is 2.08. The Balaban J connectivity index is 2.32. The van der Waals surface area contributed by atoms with Crippen molar-refractivity contribution in [2.45, 2.75) is 19.9 Å². The number of carboxylic acid groups (broad SMARTS) is 1. The summed E-state index contributed by atoms with van der Waals surface area (Å²) in [4.78, 5) is 37.3. The van der Waals surface area contributed by atoms with Crippen LogP contribution in [-0.2, 0) is 14.3 Å². The first-order valence-corrected chi connectivity index (χ1v) is 6.56. The zero-order valence-electron chi connectivity index (χ0n) is 11.8. The molecule has 0 radical (unpaired) electrons. The van der Waals surface area contributed by atoms with Gasteiger partial charge in [-0.3, -0.25) is 15.0 Å². The van der Waals surface area contributed by atoms with Gasteiger partial charge in [0.1, 0.15) is 13.2 Å². The van der Waals surface area contributed by atoms with Crippen molar-refractivity contribution in [2.75, 3.05) is 39.4 Å². The number of likely N-dealkylation sites (N-methyl/N-ethyl adjacent to an activating group) is 1. The number of urea groups is 1. The monoisotopic (exact) mass is 287 g/mol. The Morgan fingerprint density at radius 2 is 2.00 bits per heavy atom. The largest absolute Gasteiger partial charge is 0.480 e. The van der Waals surface area contributed by atoms with Crippen molar-refractivity contribution in [3.63, 3.8) is 0 Å². The second kappa shape index (κ2) is 7.81. The highest BCUT2D eigenvalue weighted by Gasteiger charge is 2.26. The van der Waals surface area contributed by atoms with Crippen molar-refractivity contribution in [1.82, 2.24) is 15.1 Å². The van der Waals surface area contributed by atoms with Crippen LogP contribution < -0.4 is 5.32 Å². The summed E-state index contributed by atoms with van der Waals surface area (Å²) in [6, 6.07) is -0.214. The summed E-state index contributed by atoms with van der Waals surface area (Å²) in [5.74, 6) is -1.80. The van der Waals surface area contributed by atoms with Gasteiger partial charge in [-0.25, -0.2) is 9.59 Å². The number of ether oxygens (including phenoxy) is 1. The van der Waals surface area contributed by atoms with Gasteiger partial charge in [0, 0.05) is 25.7 Å². The summed E-state index contributed by atoms with van der Waals surface area (Å²) >= 11 is 0. The van der Waals surface area contributed by atoms with Crippen LogP contribution in [0.1, 0.15) is 13.8 Å². The number of piperazine rings is 1. The van der Waals surface area contributed by atoms with Gasteiger partial charge in [0.2, 0.25) is 0 Å². The van der Waals surface area contributed by atoms with Crippen LogP contribution in [0.4, 0.5) is 4.79 Å². The predicted octanol–water partition coefficient (Wildman–Crippen LogP) is -0.650. The fourth-order valence-electron chi connectivity index (χ4n) is 2.11. The summed E-state index contributed by atoms with van der Waals surface area (Å²) < 4.78 is 4.61. The van der Waals surface area contributed by atoms with Crippen LogP contribution in [0.15, 0.2) is 0 Å². The maximum absolute atomic E-state index is 11.8. The van der Waals surface area contributed by atoms with Gasteiger partial charge >= 0.3 is 12.0 Å². The Bertz CT molecular complexity index is 374. The lowest BCUT2D eigenvalue weighted by atomic mass is 10.2. The molecule has 1 atom stereocenters. The fourth-order valence-corrected chi connectivity index (χ4v) is 2.11. The number of hydrogen-bond donors (Lipinski definition) is 2. The SMILES string of the molecule is CCN1CCN(C(=O)NC(=O)COCC(=O)O)CC1C. The molecule has 2 N–H and O–H groups in total. The van der Waals surface area contributed by atoms with E-state index in [1.165, 1.54) is 0 Å². The summed E-state index contributed by atoms with van der Waals surface area (Å²) in [6.45, 7) is 5.91. The van der Waals surface area contributed by atoms with Gasteiger partial charge in [-0.05, 0) is 13.5 Å². The smallest absolute Gasteiger partial charge is 0.329 e. The Labute approximate surface area is 117 Å². The van der Waals surface area contributed by atoms with Crippen molar-refractivity contribution in [3.05, 3.63) is 0 Å². The molecular weight excluding hydrogens is 266 g/mol. The zero-order chi connectivity index (χ0) is 15.1. The Morgan fingerprint density at radius 3 is 2.55 bits per heavy atom. The molecule has 20 heavy (non-hydrogen) atoms. The number of aliphatic carboxylic acids is 1. The van der Waals surface area contributed by atoms with E-state index in [2.05, 4.69) is 21.9 Å². The molecule has 1 fully saturated rings. The van der Waals surface area contributed by atoms with Crippen molar-refractivity contribution in [3.8, 4) is 0 Å². The van der Waals surface area contributed by atoms with E-state index in [1.54, 1.807) is 4.90 Å². The van der Waals surface area contributed by atoms with Gasteiger partial charge in [-0.15, -0.1) is 0 Å². The predicted molar refractivity (Wildman–Crippen MR) is 70.3 cm³/mol. The number of carboxylic acids is 1. The van der Waals surface area contributed by atoms with Crippen molar-refractivity contribution >= 4 is 17.9 Å². The molecule has 0 aromatic carbocycles. The van der Waals surface area contributed by atoms with Crippen LogP contribution in [-0.4, -0.2) is 78.2 Å². The molecule has 0 aliphatic carbocycles. The number of carbonyl (C=O) groups is 3. The summed E-state index contributed by atoms with van der Waals surface area (Å²) in [7, 11) is 0. The topological polar surface area (TPSA) is 99.2 Å². The number of rotatable bonds is 5. The van der Waals surface area contributed by atoms with Crippen molar-refractivity contribution < 1.29 is 24.2 Å². The lowest BCUT2D eigenvalue weighted by Gasteiger charge is -2.39. The molecule has 0 saturated carbocycles. The van der Waals surface area contributed by atoms with E-state index in [9.17, 15) is 14.4 Å². The van der Waals surface area contributed by atoms with Gasteiger partial charge in [0.15, 0.2) is 0 Å². The van der Waals surface area contributed by atoms with Crippen LogP contribution in [0.2, 0.25) is 0 Å². The number of nitrogens with zero attached hydrogens (tertiary/aromatic N) is 2. The third kappa shape index (κ3) is 5.14. The zero-order valence-corrected chi connectivity index (χ0v) is 11.8. The van der Waals surface area contributed by atoms with Gasteiger partial charge in [0.25, 0.3) is 5.91 Å². The molecule has 1 rings (SSSR count). The van der Waals surface area contributed by atoms with Crippen LogP contribution in [0.25, 0.3) is 0 Å². The van der Waals surface area contributed by atoms with Crippen LogP contribution >= 0.6 is 0 Å². The van der Waals surface area contributed by atoms with Gasteiger partial charge in [-0.2, -0.15) is 0 Å². The summed E-state index contributed by atoms with van der Waals surface area (Å²) in [5.41, 5.74) is 0. The molecule has 3 amide bonds. The van der Waals surface area contributed by atoms with E-state index < -0.39 is 31.1 Å². The minimum Gasteiger partial charge on any atom is -0.480 e. The number of amides is 3. The minimum absolute atomic E-state index is 0.248. The van der Waals surface area contributed by atoms with Crippen LogP contribution in [0.5, 0.6) is 0 Å². The molecule has 0 bridgehead atoms. The normalized spacial score (nSPS) is 19.7. The van der Waals surface area contributed by atoms with E-state index >= 15 is 0 Å². The van der Waals surface area contributed by atoms with E-state index in [0.29, 0.717) is 13.1 Å².